The number of rotatable bonds is 7. The molecule has 0 aliphatic carbocycles. The number of halogens is 1. The molecule has 1 saturated heterocycles. The topological polar surface area (TPSA) is 102 Å². The summed E-state index contributed by atoms with van der Waals surface area (Å²) in [5, 5.41) is 2.71. The third-order valence-corrected chi connectivity index (χ3v) is 6.38. The smallest absolute Gasteiger partial charge is 0.246 e. The fourth-order valence-electron chi connectivity index (χ4n) is 2.83. The van der Waals surface area contributed by atoms with Crippen molar-refractivity contribution in [1.29, 1.82) is 0 Å². The summed E-state index contributed by atoms with van der Waals surface area (Å²) in [5.41, 5.74) is 6.26. The number of nitrogens with one attached hydrogen (secondary N) is 1. The zero-order valence-corrected chi connectivity index (χ0v) is 17.7. The van der Waals surface area contributed by atoms with Gasteiger partial charge in [-0.3, -0.25) is 4.79 Å². The first kappa shape index (κ1) is 23.7. The fraction of sp³-hybridized carbons (Fsp3) is 0.611. The largest absolute Gasteiger partial charge is 0.492 e. The first-order valence-electron chi connectivity index (χ1n) is 9.10. The molecule has 1 amide bonds. The van der Waals surface area contributed by atoms with Crippen LogP contribution in [0.2, 0.25) is 0 Å². The van der Waals surface area contributed by atoms with E-state index in [-0.39, 0.29) is 29.1 Å². The van der Waals surface area contributed by atoms with Crippen LogP contribution in [-0.2, 0) is 14.8 Å². The number of anilines is 1. The lowest BCUT2D eigenvalue weighted by atomic mass is 10.0. The Labute approximate surface area is 168 Å². The number of nitrogens with two attached hydrogens (primary N) is 1. The average molecular weight is 420 g/mol. The van der Waals surface area contributed by atoms with E-state index in [0.717, 1.165) is 19.3 Å². The normalized spacial score (nSPS) is 16.5. The number of sulfonamides is 1. The minimum absolute atomic E-state index is 0. The van der Waals surface area contributed by atoms with Gasteiger partial charge < -0.3 is 15.8 Å². The SMILES string of the molecule is CCOc1ccc(NC(=O)C(N)C(C)C)cc1S(=O)(=O)N1CCCCC1.Cl. The van der Waals surface area contributed by atoms with Gasteiger partial charge in [0.15, 0.2) is 0 Å². The molecular formula is C18H30ClN3O4S. The van der Waals surface area contributed by atoms with Gasteiger partial charge in [0.1, 0.15) is 10.6 Å². The molecule has 1 fully saturated rings. The van der Waals surface area contributed by atoms with Crippen LogP contribution in [0.15, 0.2) is 23.1 Å². The van der Waals surface area contributed by atoms with Gasteiger partial charge in [0.25, 0.3) is 0 Å². The zero-order valence-electron chi connectivity index (χ0n) is 16.1. The second-order valence-electron chi connectivity index (χ2n) is 6.82. The summed E-state index contributed by atoms with van der Waals surface area (Å²) in [6.07, 6.45) is 2.74. The molecule has 1 aromatic carbocycles. The number of piperidine rings is 1. The molecule has 7 nitrogen and oxygen atoms in total. The van der Waals surface area contributed by atoms with Crippen molar-refractivity contribution in [2.75, 3.05) is 25.0 Å². The summed E-state index contributed by atoms with van der Waals surface area (Å²) < 4.78 is 33.1. The Morgan fingerprint density at radius 3 is 2.44 bits per heavy atom. The molecule has 0 radical (unpaired) electrons. The van der Waals surface area contributed by atoms with E-state index in [1.54, 1.807) is 19.1 Å². The highest BCUT2D eigenvalue weighted by Gasteiger charge is 2.29. The van der Waals surface area contributed by atoms with Crippen LogP contribution >= 0.6 is 12.4 Å². The van der Waals surface area contributed by atoms with Crippen LogP contribution in [0.1, 0.15) is 40.0 Å². The molecule has 0 saturated carbocycles. The average Bonchev–Trinajstić information content (AvgIpc) is 2.63. The van der Waals surface area contributed by atoms with Crippen molar-refractivity contribution in [2.24, 2.45) is 11.7 Å². The number of ether oxygens (including phenoxy) is 1. The number of amides is 1. The monoisotopic (exact) mass is 419 g/mol. The standard InChI is InChI=1S/C18H29N3O4S.ClH/c1-4-25-15-9-8-14(20-18(22)17(19)13(2)3)12-16(15)26(23,24)21-10-6-5-7-11-21;/h8-9,12-13,17H,4-7,10-11,19H2,1-3H3,(H,20,22);1H. The van der Waals surface area contributed by atoms with Crippen molar-refractivity contribution in [3.63, 3.8) is 0 Å². The van der Waals surface area contributed by atoms with Gasteiger partial charge in [-0.25, -0.2) is 8.42 Å². The van der Waals surface area contributed by atoms with Crippen LogP contribution in [-0.4, -0.2) is 44.4 Å². The van der Waals surface area contributed by atoms with Gasteiger partial charge in [-0.2, -0.15) is 4.31 Å². The first-order chi connectivity index (χ1) is 12.3. The molecule has 1 aliphatic rings. The quantitative estimate of drug-likeness (QED) is 0.707. The predicted octanol–water partition coefficient (Wildman–Crippen LogP) is 2.60. The molecule has 2 rings (SSSR count). The van der Waals surface area contributed by atoms with Gasteiger partial charge in [0.05, 0.1) is 12.6 Å². The lowest BCUT2D eigenvalue weighted by Crippen LogP contribution is -2.39. The summed E-state index contributed by atoms with van der Waals surface area (Å²) in [7, 11) is -3.68. The third kappa shape index (κ3) is 5.81. The Bertz CT molecular complexity index is 734. The predicted molar refractivity (Wildman–Crippen MR) is 109 cm³/mol. The summed E-state index contributed by atoms with van der Waals surface area (Å²) in [4.78, 5) is 12.3. The van der Waals surface area contributed by atoms with Gasteiger partial charge in [-0.15, -0.1) is 12.4 Å². The van der Waals surface area contributed by atoms with Crippen LogP contribution in [0.4, 0.5) is 5.69 Å². The molecule has 1 unspecified atom stereocenters. The van der Waals surface area contributed by atoms with E-state index < -0.39 is 16.1 Å². The molecule has 1 heterocycles. The summed E-state index contributed by atoms with van der Waals surface area (Å²) >= 11 is 0. The van der Waals surface area contributed by atoms with E-state index in [4.69, 9.17) is 10.5 Å². The molecular weight excluding hydrogens is 390 g/mol. The van der Waals surface area contributed by atoms with Crippen molar-refractivity contribution in [2.45, 2.75) is 51.0 Å². The molecule has 154 valence electrons. The van der Waals surface area contributed by atoms with Crippen molar-refractivity contribution in [3.8, 4) is 5.75 Å². The Hall–Kier alpha value is -1.35. The molecule has 0 spiro atoms. The molecule has 3 N–H and O–H groups in total. The van der Waals surface area contributed by atoms with E-state index in [1.807, 2.05) is 13.8 Å². The number of nitrogens with zero attached hydrogens (tertiary/aromatic N) is 1. The van der Waals surface area contributed by atoms with Crippen molar-refractivity contribution in [1.82, 2.24) is 4.31 Å². The summed E-state index contributed by atoms with van der Waals surface area (Å²) in [6.45, 7) is 6.87. The molecule has 1 atom stereocenters. The molecule has 9 heteroatoms. The number of benzene rings is 1. The van der Waals surface area contributed by atoms with E-state index in [1.165, 1.54) is 10.4 Å². The second kappa shape index (κ2) is 10.3. The zero-order chi connectivity index (χ0) is 19.3. The van der Waals surface area contributed by atoms with Crippen molar-refractivity contribution >= 4 is 34.0 Å². The minimum atomic E-state index is -3.68. The van der Waals surface area contributed by atoms with Gasteiger partial charge in [0, 0.05) is 18.8 Å². The van der Waals surface area contributed by atoms with Gasteiger partial charge in [-0.05, 0) is 43.9 Å². The summed E-state index contributed by atoms with van der Waals surface area (Å²) in [5.74, 6) is -0.0658. The Balaban J connectivity index is 0.00000364. The fourth-order valence-corrected chi connectivity index (χ4v) is 4.51. The highest BCUT2D eigenvalue weighted by molar-refractivity contribution is 7.89. The van der Waals surface area contributed by atoms with E-state index in [9.17, 15) is 13.2 Å². The lowest BCUT2D eigenvalue weighted by Gasteiger charge is -2.27. The number of hydrogen-bond acceptors (Lipinski definition) is 5. The van der Waals surface area contributed by atoms with Crippen molar-refractivity contribution in [3.05, 3.63) is 18.2 Å². The van der Waals surface area contributed by atoms with Crippen LogP contribution in [0.5, 0.6) is 5.75 Å². The Morgan fingerprint density at radius 1 is 1.26 bits per heavy atom. The van der Waals surface area contributed by atoms with Crippen molar-refractivity contribution < 1.29 is 17.9 Å². The van der Waals surface area contributed by atoms with Crippen LogP contribution < -0.4 is 15.8 Å². The molecule has 27 heavy (non-hydrogen) atoms. The van der Waals surface area contributed by atoms with Crippen LogP contribution in [0.3, 0.4) is 0 Å². The number of carbonyl (C=O) groups is 1. The highest BCUT2D eigenvalue weighted by Crippen LogP contribution is 2.31. The van der Waals surface area contributed by atoms with Gasteiger partial charge in [0.2, 0.25) is 15.9 Å². The maximum absolute atomic E-state index is 13.1. The summed E-state index contributed by atoms with van der Waals surface area (Å²) in [6, 6.07) is 4.01. The third-order valence-electron chi connectivity index (χ3n) is 4.46. The van der Waals surface area contributed by atoms with E-state index >= 15 is 0 Å². The van der Waals surface area contributed by atoms with E-state index in [0.29, 0.717) is 31.1 Å². The first-order valence-corrected chi connectivity index (χ1v) is 10.5. The molecule has 0 aromatic heterocycles. The van der Waals surface area contributed by atoms with E-state index in [2.05, 4.69) is 5.32 Å². The lowest BCUT2D eigenvalue weighted by molar-refractivity contribution is -0.118. The Kier molecular flexibility index (Phi) is 9.01. The second-order valence-corrected chi connectivity index (χ2v) is 8.72. The minimum Gasteiger partial charge on any atom is -0.492 e. The number of carbonyl (C=O) groups excluding carboxylic acids is 1. The van der Waals surface area contributed by atoms with Crippen LogP contribution in [0, 0.1) is 5.92 Å². The molecule has 1 aliphatic heterocycles. The maximum Gasteiger partial charge on any atom is 0.246 e. The molecule has 0 bridgehead atoms. The maximum atomic E-state index is 13.1. The Morgan fingerprint density at radius 2 is 1.89 bits per heavy atom. The van der Waals surface area contributed by atoms with Crippen LogP contribution in [0.25, 0.3) is 0 Å². The molecule has 1 aromatic rings. The number of hydrogen-bond donors (Lipinski definition) is 2. The van der Waals surface area contributed by atoms with Gasteiger partial charge >= 0.3 is 0 Å². The van der Waals surface area contributed by atoms with Gasteiger partial charge in [-0.1, -0.05) is 20.3 Å². The highest BCUT2D eigenvalue weighted by atomic mass is 35.5.